The lowest BCUT2D eigenvalue weighted by molar-refractivity contribution is 0.0785. The minimum atomic E-state index is 0.00354. The molecule has 0 unspecified atom stereocenters. The molecule has 2 aromatic heterocycles. The van der Waals surface area contributed by atoms with Crippen molar-refractivity contribution in [3.05, 3.63) is 50.9 Å². The van der Waals surface area contributed by atoms with Gasteiger partial charge in [0.25, 0.3) is 5.91 Å². The van der Waals surface area contributed by atoms with E-state index in [1.165, 1.54) is 0 Å². The van der Waals surface area contributed by atoms with E-state index in [1.807, 2.05) is 36.7 Å². The molecule has 102 valence electrons. The van der Waals surface area contributed by atoms with Crippen molar-refractivity contribution >= 4 is 44.2 Å². The normalized spacial score (nSPS) is 10.9. The fraction of sp³-hybridized carbons (Fsp3) is 0.143. The van der Waals surface area contributed by atoms with Gasteiger partial charge in [0.15, 0.2) is 0 Å². The van der Waals surface area contributed by atoms with Gasteiger partial charge in [-0.3, -0.25) is 4.79 Å². The summed E-state index contributed by atoms with van der Waals surface area (Å²) in [6.07, 6.45) is 1.63. The average Bonchev–Trinajstić information content (AvgIpc) is 3.05. The molecule has 0 atom stereocenters. The molecule has 1 amide bonds. The number of hydrogen-bond acceptors (Lipinski definition) is 3. The highest BCUT2D eigenvalue weighted by Gasteiger charge is 2.13. The summed E-state index contributed by atoms with van der Waals surface area (Å²) >= 11 is 5.05. The number of nitrogens with zero attached hydrogens (tertiary/aromatic N) is 2. The van der Waals surface area contributed by atoms with Crippen LogP contribution in [0, 0.1) is 0 Å². The Morgan fingerprint density at radius 1 is 1.45 bits per heavy atom. The highest BCUT2D eigenvalue weighted by molar-refractivity contribution is 9.11. The Bertz CT molecular complexity index is 764. The van der Waals surface area contributed by atoms with Crippen LogP contribution < -0.4 is 0 Å². The number of nitrogens with one attached hydrogen (secondary N) is 1. The molecule has 1 aromatic carbocycles. The molecule has 0 radical (unpaired) electrons. The molecule has 0 bridgehead atoms. The number of amides is 1. The Hall–Kier alpha value is -1.66. The fourth-order valence-corrected chi connectivity index (χ4v) is 3.26. The number of benzene rings is 1. The summed E-state index contributed by atoms with van der Waals surface area (Å²) in [7, 11) is 1.81. The molecule has 2 heterocycles. The van der Waals surface area contributed by atoms with Crippen molar-refractivity contribution < 1.29 is 4.79 Å². The van der Waals surface area contributed by atoms with Crippen LogP contribution in [0.5, 0.6) is 0 Å². The van der Waals surface area contributed by atoms with E-state index in [1.54, 1.807) is 22.6 Å². The van der Waals surface area contributed by atoms with Gasteiger partial charge in [-0.15, -0.1) is 11.3 Å². The van der Waals surface area contributed by atoms with Crippen molar-refractivity contribution in [2.45, 2.75) is 6.54 Å². The highest BCUT2D eigenvalue weighted by Crippen LogP contribution is 2.22. The summed E-state index contributed by atoms with van der Waals surface area (Å²) in [5.41, 5.74) is 3.53. The van der Waals surface area contributed by atoms with Crippen LogP contribution in [0.4, 0.5) is 0 Å². The lowest BCUT2D eigenvalue weighted by Crippen LogP contribution is -2.25. The molecule has 20 heavy (non-hydrogen) atoms. The number of thiophene rings is 1. The summed E-state index contributed by atoms with van der Waals surface area (Å²) in [5, 5.41) is 2.05. The van der Waals surface area contributed by atoms with Gasteiger partial charge in [-0.05, 0) is 51.1 Å². The SMILES string of the molecule is CN(Cc1csc(Br)c1)C(=O)c1ccc2nc[nH]c2c1. The zero-order valence-corrected chi connectivity index (χ0v) is 13.2. The standard InChI is InChI=1S/C14H12BrN3OS/c1-18(6-9-4-13(15)20-7-9)14(19)10-2-3-11-12(5-10)17-8-16-11/h2-5,7-8H,6H2,1H3,(H,16,17). The average molecular weight is 350 g/mol. The van der Waals surface area contributed by atoms with E-state index < -0.39 is 0 Å². The Balaban J connectivity index is 1.80. The first-order valence-electron chi connectivity index (χ1n) is 6.05. The van der Waals surface area contributed by atoms with Gasteiger partial charge in [0, 0.05) is 19.2 Å². The molecular weight excluding hydrogens is 338 g/mol. The molecule has 3 rings (SSSR count). The van der Waals surface area contributed by atoms with Gasteiger partial charge in [0.2, 0.25) is 0 Å². The molecule has 4 nitrogen and oxygen atoms in total. The largest absolute Gasteiger partial charge is 0.345 e. The molecule has 0 spiro atoms. The summed E-state index contributed by atoms with van der Waals surface area (Å²) in [5.74, 6) is 0.00354. The zero-order chi connectivity index (χ0) is 14.1. The first kappa shape index (κ1) is 13.3. The number of hydrogen-bond donors (Lipinski definition) is 1. The van der Waals surface area contributed by atoms with E-state index in [0.717, 1.165) is 20.4 Å². The number of H-pyrrole nitrogens is 1. The van der Waals surface area contributed by atoms with E-state index in [9.17, 15) is 4.79 Å². The van der Waals surface area contributed by atoms with Crippen LogP contribution in [0.2, 0.25) is 0 Å². The first-order chi connectivity index (χ1) is 9.63. The number of aromatic nitrogens is 2. The van der Waals surface area contributed by atoms with E-state index >= 15 is 0 Å². The van der Waals surface area contributed by atoms with E-state index in [4.69, 9.17) is 0 Å². The molecule has 3 aromatic rings. The van der Waals surface area contributed by atoms with Crippen LogP contribution in [0.25, 0.3) is 11.0 Å². The van der Waals surface area contributed by atoms with E-state index in [-0.39, 0.29) is 5.91 Å². The number of aromatic amines is 1. The monoisotopic (exact) mass is 349 g/mol. The Morgan fingerprint density at radius 2 is 2.30 bits per heavy atom. The van der Waals surface area contributed by atoms with Crippen LogP contribution in [0.3, 0.4) is 0 Å². The number of halogens is 1. The highest BCUT2D eigenvalue weighted by atomic mass is 79.9. The molecule has 0 saturated carbocycles. The predicted octanol–water partition coefficient (Wildman–Crippen LogP) is 3.66. The zero-order valence-electron chi connectivity index (χ0n) is 10.8. The minimum Gasteiger partial charge on any atom is -0.345 e. The topological polar surface area (TPSA) is 49.0 Å². The van der Waals surface area contributed by atoms with Gasteiger partial charge >= 0.3 is 0 Å². The smallest absolute Gasteiger partial charge is 0.253 e. The van der Waals surface area contributed by atoms with Crippen LogP contribution in [-0.2, 0) is 6.54 Å². The van der Waals surface area contributed by atoms with Crippen molar-refractivity contribution in [2.24, 2.45) is 0 Å². The third-order valence-electron chi connectivity index (χ3n) is 3.06. The molecule has 0 aliphatic carbocycles. The summed E-state index contributed by atoms with van der Waals surface area (Å²) < 4.78 is 1.08. The van der Waals surface area contributed by atoms with Crippen molar-refractivity contribution in [2.75, 3.05) is 7.05 Å². The van der Waals surface area contributed by atoms with Gasteiger partial charge in [-0.25, -0.2) is 4.98 Å². The summed E-state index contributed by atoms with van der Waals surface area (Å²) in [6, 6.07) is 7.54. The number of carbonyl (C=O) groups excluding carboxylic acids is 1. The maximum Gasteiger partial charge on any atom is 0.253 e. The van der Waals surface area contributed by atoms with Crippen LogP contribution in [0.1, 0.15) is 15.9 Å². The van der Waals surface area contributed by atoms with Gasteiger partial charge < -0.3 is 9.88 Å². The van der Waals surface area contributed by atoms with Gasteiger partial charge in [0.1, 0.15) is 0 Å². The van der Waals surface area contributed by atoms with Crippen molar-refractivity contribution in [3.63, 3.8) is 0 Å². The lowest BCUT2D eigenvalue weighted by Gasteiger charge is -2.16. The predicted molar refractivity (Wildman–Crippen MR) is 83.9 cm³/mol. The summed E-state index contributed by atoms with van der Waals surface area (Å²) in [6.45, 7) is 0.599. The molecule has 0 saturated heterocycles. The molecular formula is C14H12BrN3OS. The Kier molecular flexibility index (Phi) is 3.58. The Labute approximate surface area is 128 Å². The maximum atomic E-state index is 12.4. The number of rotatable bonds is 3. The fourth-order valence-electron chi connectivity index (χ4n) is 2.06. The quantitative estimate of drug-likeness (QED) is 0.784. The van der Waals surface area contributed by atoms with Gasteiger partial charge in [-0.2, -0.15) is 0 Å². The van der Waals surface area contributed by atoms with Crippen LogP contribution in [-0.4, -0.2) is 27.8 Å². The van der Waals surface area contributed by atoms with Crippen molar-refractivity contribution in [3.8, 4) is 0 Å². The number of fused-ring (bicyclic) bond motifs is 1. The van der Waals surface area contributed by atoms with E-state index in [2.05, 4.69) is 25.9 Å². The summed E-state index contributed by atoms with van der Waals surface area (Å²) in [4.78, 5) is 21.3. The molecule has 0 aliphatic heterocycles. The Morgan fingerprint density at radius 3 is 3.05 bits per heavy atom. The third kappa shape index (κ3) is 2.62. The van der Waals surface area contributed by atoms with Crippen LogP contribution >= 0.6 is 27.3 Å². The molecule has 6 heteroatoms. The number of imidazole rings is 1. The third-order valence-corrected chi connectivity index (χ3v) is 4.61. The second-order valence-electron chi connectivity index (χ2n) is 4.55. The van der Waals surface area contributed by atoms with Crippen molar-refractivity contribution in [1.29, 1.82) is 0 Å². The number of carbonyl (C=O) groups is 1. The lowest BCUT2D eigenvalue weighted by atomic mass is 10.1. The molecule has 1 N–H and O–H groups in total. The second-order valence-corrected chi connectivity index (χ2v) is 6.85. The van der Waals surface area contributed by atoms with E-state index in [0.29, 0.717) is 12.1 Å². The van der Waals surface area contributed by atoms with Crippen LogP contribution in [0.15, 0.2) is 39.8 Å². The molecule has 0 fully saturated rings. The molecule has 0 aliphatic rings. The van der Waals surface area contributed by atoms with Crippen molar-refractivity contribution in [1.82, 2.24) is 14.9 Å². The maximum absolute atomic E-state index is 12.4. The van der Waals surface area contributed by atoms with Gasteiger partial charge in [-0.1, -0.05) is 0 Å². The minimum absolute atomic E-state index is 0.00354. The second kappa shape index (κ2) is 5.38. The van der Waals surface area contributed by atoms with Gasteiger partial charge in [0.05, 0.1) is 21.1 Å². The first-order valence-corrected chi connectivity index (χ1v) is 7.72.